The number of aryl methyl sites for hydroxylation is 1. The van der Waals surface area contributed by atoms with Crippen molar-refractivity contribution in [3.05, 3.63) is 11.8 Å². The van der Waals surface area contributed by atoms with Crippen LogP contribution in [0.1, 0.15) is 25.0 Å². The van der Waals surface area contributed by atoms with Crippen molar-refractivity contribution in [1.29, 1.82) is 0 Å². The van der Waals surface area contributed by atoms with E-state index in [4.69, 9.17) is 4.52 Å². The van der Waals surface area contributed by atoms with E-state index >= 15 is 0 Å². The normalized spacial score (nSPS) is 21.7. The number of urea groups is 1. The van der Waals surface area contributed by atoms with Crippen LogP contribution in [0.3, 0.4) is 0 Å². The smallest absolute Gasteiger partial charge is 0.327 e. The molecule has 21 heavy (non-hydrogen) atoms. The summed E-state index contributed by atoms with van der Waals surface area (Å²) in [6, 6.07) is 0.791. The van der Waals surface area contributed by atoms with Gasteiger partial charge >= 0.3 is 6.03 Å². The Hall–Kier alpha value is -2.38. The molecule has 2 aliphatic heterocycles. The number of nitrogens with one attached hydrogen (secondary N) is 1. The Morgan fingerprint density at radius 2 is 2.29 bits per heavy atom. The van der Waals surface area contributed by atoms with Gasteiger partial charge in [0.25, 0.3) is 5.91 Å². The fourth-order valence-electron chi connectivity index (χ4n) is 2.74. The topological polar surface area (TPSA) is 95.8 Å². The maximum Gasteiger partial charge on any atom is 0.327 e. The minimum Gasteiger partial charge on any atom is -0.360 e. The molecule has 1 aromatic rings. The predicted molar refractivity (Wildman–Crippen MR) is 71.3 cm³/mol. The van der Waals surface area contributed by atoms with E-state index in [0.717, 1.165) is 17.7 Å². The highest BCUT2D eigenvalue weighted by atomic mass is 16.5. The van der Waals surface area contributed by atoms with E-state index in [1.54, 1.807) is 17.9 Å². The van der Waals surface area contributed by atoms with Crippen LogP contribution in [0.25, 0.3) is 0 Å². The van der Waals surface area contributed by atoms with Crippen molar-refractivity contribution >= 4 is 23.7 Å². The highest BCUT2D eigenvalue weighted by Gasteiger charge is 2.46. The summed E-state index contributed by atoms with van der Waals surface area (Å²) in [5.74, 6) is 0.0844. The number of carbonyl (C=O) groups is 3. The Balaban J connectivity index is 1.65. The number of carbonyl (C=O) groups excluding carboxylic acids is 3. The van der Waals surface area contributed by atoms with Gasteiger partial charge in [0.15, 0.2) is 5.82 Å². The van der Waals surface area contributed by atoms with Crippen molar-refractivity contribution in [2.75, 3.05) is 18.4 Å². The first-order valence-corrected chi connectivity index (χ1v) is 6.91. The number of imide groups is 1. The lowest BCUT2D eigenvalue weighted by Gasteiger charge is -2.26. The second kappa shape index (κ2) is 5.19. The van der Waals surface area contributed by atoms with Crippen LogP contribution in [-0.2, 0) is 9.59 Å². The van der Waals surface area contributed by atoms with Crippen LogP contribution < -0.4 is 5.32 Å². The summed E-state index contributed by atoms with van der Waals surface area (Å²) in [5.41, 5.74) is 0. The van der Waals surface area contributed by atoms with E-state index < -0.39 is 11.9 Å². The van der Waals surface area contributed by atoms with E-state index in [9.17, 15) is 14.4 Å². The Morgan fingerprint density at radius 1 is 1.48 bits per heavy atom. The first kappa shape index (κ1) is 13.6. The molecular formula is C13H16N4O4. The third-order valence-corrected chi connectivity index (χ3v) is 3.73. The zero-order chi connectivity index (χ0) is 15.0. The van der Waals surface area contributed by atoms with Crippen LogP contribution >= 0.6 is 0 Å². The van der Waals surface area contributed by atoms with Gasteiger partial charge in [-0.2, -0.15) is 0 Å². The minimum atomic E-state index is -0.468. The van der Waals surface area contributed by atoms with Gasteiger partial charge in [0.05, 0.1) is 0 Å². The van der Waals surface area contributed by atoms with Gasteiger partial charge in [0, 0.05) is 12.6 Å². The third kappa shape index (κ3) is 2.48. The summed E-state index contributed by atoms with van der Waals surface area (Å²) >= 11 is 0. The zero-order valence-electron chi connectivity index (χ0n) is 11.7. The molecule has 0 aliphatic carbocycles. The Morgan fingerprint density at radius 3 is 2.95 bits per heavy atom. The van der Waals surface area contributed by atoms with Crippen LogP contribution in [0.15, 0.2) is 10.6 Å². The molecule has 2 saturated heterocycles. The average Bonchev–Trinajstić information content (AvgIpc) is 2.97. The van der Waals surface area contributed by atoms with E-state index in [2.05, 4.69) is 10.5 Å². The summed E-state index contributed by atoms with van der Waals surface area (Å²) in [7, 11) is 0. The van der Waals surface area contributed by atoms with Crippen molar-refractivity contribution in [3.8, 4) is 0 Å². The molecule has 2 aliphatic rings. The monoisotopic (exact) mass is 292 g/mol. The van der Waals surface area contributed by atoms with E-state index in [0.29, 0.717) is 18.7 Å². The van der Waals surface area contributed by atoms with Crippen LogP contribution in [0, 0.1) is 6.92 Å². The molecule has 8 nitrogen and oxygen atoms in total. The fraction of sp³-hybridized carbons (Fsp3) is 0.538. The number of nitrogens with zero attached hydrogens (tertiary/aromatic N) is 3. The molecule has 1 N–H and O–H groups in total. The SMILES string of the molecule is Cc1cc(NC(=O)CN2C(=O)C3CCCCN3C2=O)no1. The molecule has 0 spiro atoms. The number of amides is 4. The number of fused-ring (bicyclic) bond motifs is 1. The first-order chi connectivity index (χ1) is 10.1. The molecule has 1 aromatic heterocycles. The van der Waals surface area contributed by atoms with E-state index in [1.807, 2.05) is 0 Å². The molecule has 4 amide bonds. The summed E-state index contributed by atoms with van der Waals surface area (Å²) < 4.78 is 4.83. The maximum absolute atomic E-state index is 12.2. The number of rotatable bonds is 3. The number of hydrogen-bond donors (Lipinski definition) is 1. The number of aromatic nitrogens is 1. The molecule has 0 saturated carbocycles. The lowest BCUT2D eigenvalue weighted by molar-refractivity contribution is -0.131. The summed E-state index contributed by atoms with van der Waals surface area (Å²) in [5, 5.41) is 6.14. The molecule has 2 fully saturated rings. The first-order valence-electron chi connectivity index (χ1n) is 6.91. The van der Waals surface area contributed by atoms with Gasteiger partial charge in [-0.25, -0.2) is 4.79 Å². The molecule has 3 heterocycles. The van der Waals surface area contributed by atoms with Crippen molar-refractivity contribution in [1.82, 2.24) is 15.0 Å². The summed E-state index contributed by atoms with van der Waals surface area (Å²) in [6.07, 6.45) is 2.50. The van der Waals surface area contributed by atoms with Crippen LogP contribution in [0.5, 0.6) is 0 Å². The van der Waals surface area contributed by atoms with Gasteiger partial charge in [-0.1, -0.05) is 5.16 Å². The van der Waals surface area contributed by atoms with Gasteiger partial charge in [-0.3, -0.25) is 14.5 Å². The highest BCUT2D eigenvalue weighted by molar-refractivity contribution is 6.07. The largest absolute Gasteiger partial charge is 0.360 e. The van der Waals surface area contributed by atoms with Gasteiger partial charge in [-0.05, 0) is 26.2 Å². The standard InChI is InChI=1S/C13H16N4O4/c1-8-6-10(15-21-8)14-11(18)7-17-12(19)9-4-2-3-5-16(9)13(17)20/h6,9H,2-5,7H2,1H3,(H,14,15,18). The van der Waals surface area contributed by atoms with Gasteiger partial charge in [-0.15, -0.1) is 0 Å². The van der Waals surface area contributed by atoms with E-state index in [-0.39, 0.29) is 24.3 Å². The quantitative estimate of drug-likeness (QED) is 0.829. The lowest BCUT2D eigenvalue weighted by Crippen LogP contribution is -2.39. The molecule has 0 aromatic carbocycles. The molecule has 1 atom stereocenters. The van der Waals surface area contributed by atoms with Crippen molar-refractivity contribution < 1.29 is 18.9 Å². The third-order valence-electron chi connectivity index (χ3n) is 3.73. The van der Waals surface area contributed by atoms with Crippen LogP contribution in [0.4, 0.5) is 10.6 Å². The fourth-order valence-corrected chi connectivity index (χ4v) is 2.74. The molecule has 112 valence electrons. The molecule has 1 unspecified atom stereocenters. The molecule has 0 radical (unpaired) electrons. The minimum absolute atomic E-state index is 0.273. The van der Waals surface area contributed by atoms with Gasteiger partial charge in [0.2, 0.25) is 5.91 Å². The number of anilines is 1. The molecule has 3 rings (SSSR count). The molecule has 8 heteroatoms. The Kier molecular flexibility index (Phi) is 3.36. The Bertz CT molecular complexity index is 573. The maximum atomic E-state index is 12.2. The van der Waals surface area contributed by atoms with Crippen LogP contribution in [0.2, 0.25) is 0 Å². The molecular weight excluding hydrogens is 276 g/mol. The second-order valence-corrected chi connectivity index (χ2v) is 5.28. The van der Waals surface area contributed by atoms with Gasteiger partial charge in [0.1, 0.15) is 18.3 Å². The lowest BCUT2D eigenvalue weighted by atomic mass is 10.0. The highest BCUT2D eigenvalue weighted by Crippen LogP contribution is 2.26. The zero-order valence-corrected chi connectivity index (χ0v) is 11.7. The van der Waals surface area contributed by atoms with Crippen molar-refractivity contribution in [2.24, 2.45) is 0 Å². The second-order valence-electron chi connectivity index (χ2n) is 5.28. The summed E-state index contributed by atoms with van der Waals surface area (Å²) in [6.45, 7) is 1.99. The predicted octanol–water partition coefficient (Wildman–Crippen LogP) is 0.738. The van der Waals surface area contributed by atoms with Crippen molar-refractivity contribution in [3.63, 3.8) is 0 Å². The average molecular weight is 292 g/mol. The van der Waals surface area contributed by atoms with Crippen molar-refractivity contribution in [2.45, 2.75) is 32.2 Å². The molecule has 0 bridgehead atoms. The Labute approximate surface area is 121 Å². The van der Waals surface area contributed by atoms with Crippen LogP contribution in [-0.4, -0.2) is 51.9 Å². The number of piperidine rings is 1. The summed E-state index contributed by atoms with van der Waals surface area (Å²) in [4.78, 5) is 38.8. The van der Waals surface area contributed by atoms with E-state index in [1.165, 1.54) is 0 Å². The number of hydrogen-bond acceptors (Lipinski definition) is 5. The van der Waals surface area contributed by atoms with Gasteiger partial charge < -0.3 is 14.7 Å².